The van der Waals surface area contributed by atoms with Gasteiger partial charge >= 0.3 is 0 Å². The van der Waals surface area contributed by atoms with E-state index in [1.165, 1.54) is 0 Å². The third-order valence-electron chi connectivity index (χ3n) is 3.87. The number of hydrogen-bond donors (Lipinski definition) is 0. The van der Waals surface area contributed by atoms with Crippen LogP contribution in [0.5, 0.6) is 5.75 Å². The van der Waals surface area contributed by atoms with Crippen LogP contribution in [-0.2, 0) is 6.61 Å². The van der Waals surface area contributed by atoms with Gasteiger partial charge in [0.2, 0.25) is 11.8 Å². The maximum absolute atomic E-state index is 6.16. The normalized spacial score (nSPS) is 10.8. The third-order valence-corrected chi connectivity index (χ3v) is 4.65. The van der Waals surface area contributed by atoms with Crippen LogP contribution in [0.1, 0.15) is 5.56 Å². The molecule has 0 fully saturated rings. The summed E-state index contributed by atoms with van der Waals surface area (Å²) in [5, 5.41) is 9.38. The molecule has 0 saturated heterocycles. The fourth-order valence-electron chi connectivity index (χ4n) is 2.57. The lowest BCUT2D eigenvalue weighted by atomic mass is 10.1. The number of pyridine rings is 1. The number of rotatable bonds is 5. The third kappa shape index (κ3) is 4.12. The first-order chi connectivity index (χ1) is 13.6. The maximum Gasteiger partial charge on any atom is 0.248 e. The number of aromatic nitrogens is 3. The molecule has 140 valence electrons. The fraction of sp³-hybridized carbons (Fsp3) is 0.0500. The van der Waals surface area contributed by atoms with Crippen LogP contribution in [0.25, 0.3) is 22.9 Å². The van der Waals surface area contributed by atoms with Crippen molar-refractivity contribution >= 4 is 34.8 Å². The molecule has 2 heterocycles. The molecule has 0 bridgehead atoms. The lowest BCUT2D eigenvalue weighted by molar-refractivity contribution is 0.306. The zero-order chi connectivity index (χ0) is 19.5. The molecule has 0 saturated carbocycles. The zero-order valence-electron chi connectivity index (χ0n) is 14.3. The molecule has 5 nitrogen and oxygen atoms in total. The van der Waals surface area contributed by atoms with Crippen molar-refractivity contribution in [2.24, 2.45) is 0 Å². The van der Waals surface area contributed by atoms with Crippen molar-refractivity contribution in [3.05, 3.63) is 81.6 Å². The second kappa shape index (κ2) is 8.19. The molecule has 2 aromatic heterocycles. The van der Waals surface area contributed by atoms with Gasteiger partial charge < -0.3 is 9.15 Å². The van der Waals surface area contributed by atoms with Gasteiger partial charge in [-0.15, -0.1) is 10.2 Å². The van der Waals surface area contributed by atoms with E-state index in [4.69, 9.17) is 44.0 Å². The van der Waals surface area contributed by atoms with E-state index < -0.39 is 0 Å². The fourth-order valence-corrected chi connectivity index (χ4v) is 3.49. The lowest BCUT2D eigenvalue weighted by Gasteiger charge is -2.10. The molecule has 0 atom stereocenters. The molecule has 0 aliphatic rings. The molecule has 0 N–H and O–H groups in total. The van der Waals surface area contributed by atoms with Crippen LogP contribution in [0.2, 0.25) is 15.1 Å². The topological polar surface area (TPSA) is 61.0 Å². The Labute approximate surface area is 175 Å². The number of halogens is 3. The Balaban J connectivity index is 1.53. The van der Waals surface area contributed by atoms with E-state index >= 15 is 0 Å². The molecular weight excluding hydrogens is 421 g/mol. The number of nitrogens with zero attached hydrogens (tertiary/aromatic N) is 3. The van der Waals surface area contributed by atoms with Gasteiger partial charge in [0.05, 0.1) is 10.0 Å². The highest BCUT2D eigenvalue weighted by Gasteiger charge is 2.12. The van der Waals surface area contributed by atoms with Crippen LogP contribution in [0.15, 0.2) is 65.3 Å². The zero-order valence-corrected chi connectivity index (χ0v) is 16.5. The highest BCUT2D eigenvalue weighted by atomic mass is 35.5. The van der Waals surface area contributed by atoms with Gasteiger partial charge in [0.25, 0.3) is 0 Å². The molecule has 0 unspecified atom stereocenters. The Morgan fingerprint density at radius 3 is 2.21 bits per heavy atom. The van der Waals surface area contributed by atoms with Gasteiger partial charge in [0, 0.05) is 28.5 Å². The lowest BCUT2D eigenvalue weighted by Crippen LogP contribution is -1.97. The average molecular weight is 433 g/mol. The second-order valence-electron chi connectivity index (χ2n) is 5.84. The van der Waals surface area contributed by atoms with Crippen LogP contribution in [0, 0.1) is 0 Å². The molecule has 0 aliphatic carbocycles. The first-order valence-electron chi connectivity index (χ1n) is 8.21. The summed E-state index contributed by atoms with van der Waals surface area (Å²) in [4.78, 5) is 3.98. The van der Waals surface area contributed by atoms with E-state index in [0.29, 0.717) is 32.6 Å². The van der Waals surface area contributed by atoms with E-state index in [0.717, 1.165) is 16.7 Å². The summed E-state index contributed by atoms with van der Waals surface area (Å²) < 4.78 is 11.6. The quantitative estimate of drug-likeness (QED) is 0.368. The Morgan fingerprint density at radius 2 is 1.50 bits per heavy atom. The summed E-state index contributed by atoms with van der Waals surface area (Å²) in [6.45, 7) is 0.264. The van der Waals surface area contributed by atoms with E-state index in [2.05, 4.69) is 15.2 Å². The molecular formula is C20H12Cl3N3O2. The minimum atomic E-state index is 0.264. The monoisotopic (exact) mass is 431 g/mol. The van der Waals surface area contributed by atoms with Crippen LogP contribution in [-0.4, -0.2) is 15.2 Å². The van der Waals surface area contributed by atoms with Crippen molar-refractivity contribution in [1.82, 2.24) is 15.2 Å². The van der Waals surface area contributed by atoms with Gasteiger partial charge in [-0.05, 0) is 42.0 Å². The predicted octanol–water partition coefficient (Wildman–Crippen LogP) is 6.34. The largest absolute Gasteiger partial charge is 0.486 e. The van der Waals surface area contributed by atoms with E-state index in [1.807, 2.05) is 24.3 Å². The number of ether oxygens (including phenoxy) is 1. The highest BCUT2D eigenvalue weighted by molar-refractivity contribution is 6.40. The first-order valence-corrected chi connectivity index (χ1v) is 9.34. The van der Waals surface area contributed by atoms with Crippen molar-refractivity contribution in [2.45, 2.75) is 6.61 Å². The maximum atomic E-state index is 6.16. The van der Waals surface area contributed by atoms with Gasteiger partial charge in [-0.1, -0.05) is 46.9 Å². The van der Waals surface area contributed by atoms with Crippen LogP contribution < -0.4 is 4.74 Å². The van der Waals surface area contributed by atoms with Gasteiger partial charge in [-0.25, -0.2) is 0 Å². The SMILES string of the molecule is Clc1cc(Cl)c(OCc2cccc(-c3nnc(-c4ccncc4)o3)c2)c(Cl)c1. The van der Waals surface area contributed by atoms with Crippen molar-refractivity contribution in [3.8, 4) is 28.7 Å². The minimum Gasteiger partial charge on any atom is -0.486 e. The molecule has 0 spiro atoms. The highest BCUT2D eigenvalue weighted by Crippen LogP contribution is 2.36. The predicted molar refractivity (Wildman–Crippen MR) is 109 cm³/mol. The summed E-state index contributed by atoms with van der Waals surface area (Å²) in [6, 6.07) is 14.4. The van der Waals surface area contributed by atoms with Gasteiger partial charge in [0.1, 0.15) is 6.61 Å². The van der Waals surface area contributed by atoms with Crippen molar-refractivity contribution in [1.29, 1.82) is 0 Å². The molecule has 4 rings (SSSR count). The number of benzene rings is 2. The molecule has 0 aliphatic heterocycles. The Kier molecular flexibility index (Phi) is 5.48. The van der Waals surface area contributed by atoms with Gasteiger partial charge in [-0.2, -0.15) is 0 Å². The summed E-state index contributed by atoms with van der Waals surface area (Å²) in [6.07, 6.45) is 3.34. The van der Waals surface area contributed by atoms with Crippen molar-refractivity contribution < 1.29 is 9.15 Å². The summed E-state index contributed by atoms with van der Waals surface area (Å²) >= 11 is 18.2. The number of hydrogen-bond acceptors (Lipinski definition) is 5. The molecule has 0 amide bonds. The molecule has 0 radical (unpaired) electrons. The molecule has 28 heavy (non-hydrogen) atoms. The van der Waals surface area contributed by atoms with Crippen LogP contribution in [0.4, 0.5) is 0 Å². The molecule has 8 heteroatoms. The summed E-state index contributed by atoms with van der Waals surface area (Å²) in [7, 11) is 0. The Hall–Kier alpha value is -2.60. The summed E-state index contributed by atoms with van der Waals surface area (Å²) in [5.41, 5.74) is 2.48. The van der Waals surface area contributed by atoms with Crippen LogP contribution in [0.3, 0.4) is 0 Å². The van der Waals surface area contributed by atoms with E-state index in [9.17, 15) is 0 Å². The minimum absolute atomic E-state index is 0.264. The van der Waals surface area contributed by atoms with E-state index in [1.54, 1.807) is 36.7 Å². The first kappa shape index (κ1) is 18.7. The average Bonchev–Trinajstić information content (AvgIpc) is 3.18. The summed E-state index contributed by atoms with van der Waals surface area (Å²) in [5.74, 6) is 1.23. The molecule has 2 aromatic carbocycles. The Bertz CT molecular complexity index is 1090. The van der Waals surface area contributed by atoms with Crippen molar-refractivity contribution in [3.63, 3.8) is 0 Å². The van der Waals surface area contributed by atoms with E-state index in [-0.39, 0.29) is 6.61 Å². The van der Waals surface area contributed by atoms with Gasteiger partial charge in [-0.3, -0.25) is 4.98 Å². The molecule has 4 aromatic rings. The van der Waals surface area contributed by atoms with Crippen LogP contribution >= 0.6 is 34.8 Å². The Morgan fingerprint density at radius 1 is 0.821 bits per heavy atom. The van der Waals surface area contributed by atoms with Gasteiger partial charge in [0.15, 0.2) is 5.75 Å². The smallest absolute Gasteiger partial charge is 0.248 e. The second-order valence-corrected chi connectivity index (χ2v) is 7.09. The van der Waals surface area contributed by atoms with Crippen molar-refractivity contribution in [2.75, 3.05) is 0 Å². The standard InChI is InChI=1S/C20H12Cl3N3O2/c21-15-9-16(22)18(17(23)10-15)27-11-12-2-1-3-14(8-12)20-26-25-19(28-20)13-4-6-24-7-5-13/h1-10H,11H2.